The van der Waals surface area contributed by atoms with Crippen LogP contribution in [-0.2, 0) is 35.3 Å². The largest absolute Gasteiger partial charge is 0.743 e. The lowest BCUT2D eigenvalue weighted by atomic mass is 9.49. The number of hydrogen-bond acceptors (Lipinski definition) is 7. The zero-order valence-electron chi connectivity index (χ0n) is 26.0. The Morgan fingerprint density at radius 1 is 0.796 bits per heavy atom. The zero-order valence-corrected chi connectivity index (χ0v) is 27.6. The molecular weight excluding hydrogens is 692 g/mol. The summed E-state index contributed by atoms with van der Waals surface area (Å²) in [6.45, 7) is 3.41. The van der Waals surface area contributed by atoms with E-state index in [0.29, 0.717) is 5.75 Å². The Hall–Kier alpha value is -3.75. The predicted molar refractivity (Wildman–Crippen MR) is 169 cm³/mol. The first kappa shape index (κ1) is 36.5. The molecule has 49 heavy (non-hydrogen) atoms. The molecule has 0 heterocycles. The maximum Gasteiger partial charge on any atom is 0.432 e. The Labute approximate surface area is 283 Å². The van der Waals surface area contributed by atoms with Crippen LogP contribution in [0, 0.1) is 23.2 Å². The molecule has 1 atom stereocenters. The van der Waals surface area contributed by atoms with Gasteiger partial charge in [0.1, 0.15) is 5.75 Å². The number of benzene rings is 3. The van der Waals surface area contributed by atoms with Gasteiger partial charge in [0.2, 0.25) is 0 Å². The van der Waals surface area contributed by atoms with Crippen LogP contribution in [0.15, 0.2) is 112 Å². The van der Waals surface area contributed by atoms with Crippen LogP contribution in [0.2, 0.25) is 0 Å². The van der Waals surface area contributed by atoms with E-state index in [1.165, 1.54) is 14.7 Å². The maximum absolute atomic E-state index is 13.5. The summed E-state index contributed by atoms with van der Waals surface area (Å²) in [6, 6.07) is 28.5. The molecule has 3 aromatic rings. The van der Waals surface area contributed by atoms with Crippen LogP contribution >= 0.6 is 0 Å². The van der Waals surface area contributed by atoms with Crippen LogP contribution in [0.25, 0.3) is 0 Å². The Morgan fingerprint density at radius 2 is 1.22 bits per heavy atom. The standard InChI is InChI=1S/C21H17O2S.C14H17F5O5S/c1-2-21(22)23-17-13-15-20(16-14-17)24(18-9-5-3-6-10-18)19-11-7-4-8-12-19;15-13(16,17)10(14(18,19)25(21,22)23)24-11(20)12-4-7-1-8(5-12)3-9(2-7)6-12/h2-16H,1H2;7-10H,1-6H2,(H,21,22,23)/q+1;/p-1. The monoisotopic (exact) mass is 724 g/mol. The highest BCUT2D eigenvalue weighted by Crippen LogP contribution is 2.60. The summed E-state index contributed by atoms with van der Waals surface area (Å²) in [5, 5.41) is -5.79. The van der Waals surface area contributed by atoms with Crippen LogP contribution in [-0.4, -0.2) is 42.4 Å². The van der Waals surface area contributed by atoms with Crippen molar-refractivity contribution in [3.63, 3.8) is 0 Å². The molecule has 0 radical (unpaired) electrons. The van der Waals surface area contributed by atoms with Crippen molar-refractivity contribution >= 4 is 33.0 Å². The minimum absolute atomic E-state index is 0.131. The fourth-order valence-corrected chi connectivity index (χ4v) is 9.90. The van der Waals surface area contributed by atoms with Gasteiger partial charge in [-0.05, 0) is 105 Å². The van der Waals surface area contributed by atoms with Gasteiger partial charge in [0.25, 0.3) is 6.10 Å². The Bertz CT molecular complexity index is 1670. The Balaban J connectivity index is 0.000000191. The van der Waals surface area contributed by atoms with Gasteiger partial charge in [-0.2, -0.15) is 22.0 Å². The number of hydrogen-bond donors (Lipinski definition) is 0. The first-order valence-electron chi connectivity index (χ1n) is 15.4. The molecular formula is C35H33F5O7S2. The highest BCUT2D eigenvalue weighted by Gasteiger charge is 2.65. The summed E-state index contributed by atoms with van der Waals surface area (Å²) in [7, 11) is -6.86. The van der Waals surface area contributed by atoms with Crippen LogP contribution < -0.4 is 4.74 Å². The Morgan fingerprint density at radius 3 is 1.61 bits per heavy atom. The van der Waals surface area contributed by atoms with E-state index in [4.69, 9.17) is 4.74 Å². The highest BCUT2D eigenvalue weighted by atomic mass is 32.2. The van der Waals surface area contributed by atoms with E-state index in [0.717, 1.165) is 25.3 Å². The van der Waals surface area contributed by atoms with Crippen molar-refractivity contribution < 1.29 is 54.0 Å². The summed E-state index contributed by atoms with van der Waals surface area (Å²) < 4.78 is 107. The molecule has 1 unspecified atom stereocenters. The molecule has 4 aliphatic carbocycles. The third-order valence-electron chi connectivity index (χ3n) is 9.03. The zero-order chi connectivity index (χ0) is 35.6. The molecule has 0 saturated heterocycles. The molecule has 14 heteroatoms. The molecule has 4 fully saturated rings. The van der Waals surface area contributed by atoms with Gasteiger partial charge in [-0.1, -0.05) is 43.0 Å². The summed E-state index contributed by atoms with van der Waals surface area (Å²) >= 11 is 0. The number of rotatable bonds is 9. The van der Waals surface area contributed by atoms with Crippen molar-refractivity contribution in [3.05, 3.63) is 97.6 Å². The molecule has 7 nitrogen and oxygen atoms in total. The van der Waals surface area contributed by atoms with E-state index in [2.05, 4.69) is 59.8 Å². The first-order valence-corrected chi connectivity index (χ1v) is 18.1. The molecule has 3 aromatic carbocycles. The number of ether oxygens (including phenoxy) is 2. The van der Waals surface area contributed by atoms with E-state index < -0.39 is 45.0 Å². The van der Waals surface area contributed by atoms with Gasteiger partial charge in [-0.3, -0.25) is 4.79 Å². The van der Waals surface area contributed by atoms with Crippen LogP contribution in [0.4, 0.5) is 22.0 Å². The lowest BCUT2D eigenvalue weighted by molar-refractivity contribution is -0.266. The fraction of sp³-hybridized carbons (Fsp3) is 0.371. The smallest absolute Gasteiger partial charge is 0.432 e. The van der Waals surface area contributed by atoms with Gasteiger partial charge < -0.3 is 14.0 Å². The number of halogens is 5. The molecule has 4 bridgehead atoms. The number of carbonyl (C=O) groups is 2. The quantitative estimate of drug-likeness (QED) is 0.0556. The minimum atomic E-state index is -6.67. The van der Waals surface area contributed by atoms with E-state index in [-0.39, 0.29) is 47.9 Å². The van der Waals surface area contributed by atoms with Crippen molar-refractivity contribution in [2.75, 3.05) is 0 Å². The first-order chi connectivity index (χ1) is 23.0. The van der Waals surface area contributed by atoms with Gasteiger partial charge in [0.05, 0.1) is 16.3 Å². The van der Waals surface area contributed by atoms with E-state index in [1.807, 2.05) is 36.4 Å². The second-order valence-electron chi connectivity index (χ2n) is 12.6. The van der Waals surface area contributed by atoms with E-state index in [1.54, 1.807) is 0 Å². The molecule has 0 aromatic heterocycles. The van der Waals surface area contributed by atoms with Gasteiger partial charge >= 0.3 is 23.4 Å². The average molecular weight is 725 g/mol. The summed E-state index contributed by atoms with van der Waals surface area (Å²) in [5.41, 5.74) is -1.29. The normalized spacial score (nSPS) is 23.6. The van der Waals surface area contributed by atoms with E-state index in [9.17, 15) is 44.5 Å². The Kier molecular flexibility index (Phi) is 10.6. The molecule has 0 amide bonds. The summed E-state index contributed by atoms with van der Waals surface area (Å²) in [6.07, 6.45) is -5.75. The van der Waals surface area contributed by atoms with Crippen molar-refractivity contribution in [1.82, 2.24) is 0 Å². The number of alkyl halides is 5. The fourth-order valence-electron chi connectivity index (χ4n) is 7.37. The van der Waals surface area contributed by atoms with Crippen molar-refractivity contribution in [2.24, 2.45) is 23.2 Å². The lowest BCUT2D eigenvalue weighted by Gasteiger charge is -2.55. The SMILES string of the molecule is C=CC(=O)Oc1ccc([S+](c2ccccc2)c2ccccc2)cc1.O=C(OC(C(F)(F)F)C(F)(F)S(=O)(=O)[O-])C12CC3CC(CC(C3)C1)C2. The molecule has 7 rings (SSSR count). The number of esters is 2. The van der Waals surface area contributed by atoms with Gasteiger partial charge in [-0.25, -0.2) is 13.2 Å². The third-order valence-corrected chi connectivity index (χ3v) is 12.1. The second kappa shape index (κ2) is 14.2. The van der Waals surface area contributed by atoms with Gasteiger partial charge in [0, 0.05) is 6.08 Å². The summed E-state index contributed by atoms with van der Waals surface area (Å²) in [5.74, 6) is -1.01. The lowest BCUT2D eigenvalue weighted by Crippen LogP contribution is -2.56. The van der Waals surface area contributed by atoms with Crippen LogP contribution in [0.3, 0.4) is 0 Å². The number of carbonyl (C=O) groups excluding carboxylic acids is 2. The molecule has 4 saturated carbocycles. The van der Waals surface area contributed by atoms with E-state index >= 15 is 0 Å². The summed E-state index contributed by atoms with van der Waals surface area (Å²) in [4.78, 5) is 27.4. The molecule has 4 aliphatic rings. The highest BCUT2D eigenvalue weighted by molar-refractivity contribution is 7.97. The van der Waals surface area contributed by atoms with Crippen LogP contribution in [0.1, 0.15) is 38.5 Å². The van der Waals surface area contributed by atoms with Gasteiger partial charge in [0.15, 0.2) is 24.8 Å². The topological polar surface area (TPSA) is 110 Å². The molecule has 0 aliphatic heterocycles. The molecule has 262 valence electrons. The van der Waals surface area contributed by atoms with Crippen molar-refractivity contribution in [2.45, 2.75) is 70.7 Å². The maximum atomic E-state index is 13.5. The average Bonchev–Trinajstić information content (AvgIpc) is 3.04. The molecule has 0 N–H and O–H groups in total. The van der Waals surface area contributed by atoms with Crippen molar-refractivity contribution in [3.8, 4) is 5.75 Å². The third kappa shape index (κ3) is 8.18. The molecule has 0 spiro atoms. The van der Waals surface area contributed by atoms with Crippen LogP contribution in [0.5, 0.6) is 5.75 Å². The van der Waals surface area contributed by atoms with Crippen molar-refractivity contribution in [1.29, 1.82) is 0 Å². The predicted octanol–water partition coefficient (Wildman–Crippen LogP) is 7.69. The van der Waals surface area contributed by atoms with Gasteiger partial charge in [-0.15, -0.1) is 0 Å². The minimum Gasteiger partial charge on any atom is -0.743 e. The second-order valence-corrected chi connectivity index (χ2v) is 16.0.